The molecular weight excluding hydrogens is 353 g/mol. The number of rotatable bonds is 2. The zero-order valence-corrected chi connectivity index (χ0v) is 14.7. The van der Waals surface area contributed by atoms with Crippen molar-refractivity contribution in [2.75, 3.05) is 6.54 Å². The van der Waals surface area contributed by atoms with Gasteiger partial charge in [-0.3, -0.25) is 9.59 Å². The molecule has 0 saturated heterocycles. The molecule has 2 amide bonds. The van der Waals surface area contributed by atoms with Gasteiger partial charge in [0.25, 0.3) is 5.91 Å². The zero-order valence-electron chi connectivity index (χ0n) is 13.2. The van der Waals surface area contributed by atoms with E-state index in [2.05, 4.69) is 10.3 Å². The predicted octanol–water partition coefficient (Wildman–Crippen LogP) is 1.94. The minimum absolute atomic E-state index is 0.134. The van der Waals surface area contributed by atoms with Gasteiger partial charge in [0.15, 0.2) is 5.60 Å². The molecule has 0 bridgehead atoms. The van der Waals surface area contributed by atoms with Crippen LogP contribution in [-0.4, -0.2) is 28.4 Å². The summed E-state index contributed by atoms with van der Waals surface area (Å²) in [6.45, 7) is 3.54. The van der Waals surface area contributed by atoms with E-state index in [1.54, 1.807) is 6.92 Å². The van der Waals surface area contributed by atoms with Gasteiger partial charge in [-0.05, 0) is 25.5 Å². The van der Waals surface area contributed by atoms with Crippen LogP contribution >= 0.6 is 23.2 Å². The Balaban J connectivity index is 2.46. The number of benzene rings is 1. The molecule has 1 aromatic heterocycles. The zero-order chi connectivity index (χ0) is 17.8. The van der Waals surface area contributed by atoms with Gasteiger partial charge >= 0.3 is 0 Å². The fourth-order valence-corrected chi connectivity index (χ4v) is 3.58. The first kappa shape index (κ1) is 17.1. The van der Waals surface area contributed by atoms with E-state index in [0.717, 1.165) is 5.69 Å². The number of nitrogens with one attached hydrogen (secondary N) is 2. The largest absolute Gasteiger partial charge is 0.376 e. The number of aliphatic hydroxyl groups is 1. The third-order valence-electron chi connectivity index (χ3n) is 4.59. The summed E-state index contributed by atoms with van der Waals surface area (Å²) in [7, 11) is 0. The number of hydrogen-bond donors (Lipinski definition) is 4. The van der Waals surface area contributed by atoms with Crippen LogP contribution in [0.5, 0.6) is 0 Å². The van der Waals surface area contributed by atoms with Gasteiger partial charge in [0.05, 0.1) is 21.5 Å². The maximum absolute atomic E-state index is 12.2. The lowest BCUT2D eigenvalue weighted by molar-refractivity contribution is -0.135. The number of carbonyl (C=O) groups is 2. The van der Waals surface area contributed by atoms with Crippen molar-refractivity contribution in [3.63, 3.8) is 0 Å². The fraction of sp³-hybridized carbons (Fsp3) is 0.375. The van der Waals surface area contributed by atoms with E-state index < -0.39 is 17.4 Å². The first-order valence-electron chi connectivity index (χ1n) is 7.49. The van der Waals surface area contributed by atoms with Crippen LogP contribution in [0.3, 0.4) is 0 Å². The van der Waals surface area contributed by atoms with Gasteiger partial charge in [-0.2, -0.15) is 0 Å². The molecule has 1 unspecified atom stereocenters. The van der Waals surface area contributed by atoms with Crippen molar-refractivity contribution in [3.8, 4) is 0 Å². The standard InChI is InChI=1S/C16H17Cl2N3O3/c1-6-10-9(3-4-20-14(6)22)21-13-11(10)7(5-8(17)12(13)18)16(2,24)15(19)23/h5-6,21,24H,3-4H2,1-2H3,(H2,19,23)(H,20,22)/t6-,16?/m0/s1. The highest BCUT2D eigenvalue weighted by atomic mass is 35.5. The molecule has 1 aliphatic rings. The number of amides is 2. The number of aromatic amines is 1. The molecule has 128 valence electrons. The minimum atomic E-state index is -1.95. The SMILES string of the molecule is C[C@@H]1C(=O)NCCc2[nH]c3c(Cl)c(Cl)cc(C(C)(O)C(N)=O)c3c21. The van der Waals surface area contributed by atoms with Crippen LogP contribution in [0.4, 0.5) is 0 Å². The van der Waals surface area contributed by atoms with Crippen molar-refractivity contribution < 1.29 is 14.7 Å². The maximum atomic E-state index is 12.2. The van der Waals surface area contributed by atoms with Gasteiger partial charge < -0.3 is 21.1 Å². The van der Waals surface area contributed by atoms with Crippen LogP contribution in [0.25, 0.3) is 10.9 Å². The Morgan fingerprint density at radius 2 is 2.12 bits per heavy atom. The van der Waals surface area contributed by atoms with E-state index in [0.29, 0.717) is 29.4 Å². The van der Waals surface area contributed by atoms with Gasteiger partial charge in [-0.15, -0.1) is 0 Å². The molecule has 1 aliphatic heterocycles. The average molecular weight is 370 g/mol. The van der Waals surface area contributed by atoms with Gasteiger partial charge in [-0.25, -0.2) is 0 Å². The fourth-order valence-electron chi connectivity index (χ4n) is 3.18. The number of nitrogens with two attached hydrogens (primary N) is 1. The summed E-state index contributed by atoms with van der Waals surface area (Å²) < 4.78 is 0. The van der Waals surface area contributed by atoms with Crippen LogP contribution in [-0.2, 0) is 21.6 Å². The summed E-state index contributed by atoms with van der Waals surface area (Å²) in [4.78, 5) is 27.2. The summed E-state index contributed by atoms with van der Waals surface area (Å²) >= 11 is 12.5. The number of aromatic nitrogens is 1. The molecule has 1 aromatic carbocycles. The molecule has 0 radical (unpaired) electrons. The summed E-state index contributed by atoms with van der Waals surface area (Å²) in [6, 6.07) is 1.43. The van der Waals surface area contributed by atoms with E-state index in [1.807, 2.05) is 0 Å². The molecule has 3 rings (SSSR count). The highest BCUT2D eigenvalue weighted by Crippen LogP contribution is 2.43. The van der Waals surface area contributed by atoms with Gasteiger partial charge in [0, 0.05) is 29.6 Å². The molecule has 2 aromatic rings. The predicted molar refractivity (Wildman–Crippen MR) is 92.2 cm³/mol. The second-order valence-corrected chi connectivity index (χ2v) is 6.97. The number of primary amides is 1. The lowest BCUT2D eigenvalue weighted by atomic mass is 9.87. The second-order valence-electron chi connectivity index (χ2n) is 6.19. The van der Waals surface area contributed by atoms with Crippen LogP contribution in [0.15, 0.2) is 6.07 Å². The quantitative estimate of drug-likeness (QED) is 0.649. The average Bonchev–Trinajstić information content (AvgIpc) is 2.82. The molecule has 2 atom stereocenters. The molecule has 0 aliphatic carbocycles. The van der Waals surface area contributed by atoms with Crippen LogP contribution in [0.2, 0.25) is 10.0 Å². The van der Waals surface area contributed by atoms with Gasteiger partial charge in [-0.1, -0.05) is 23.2 Å². The Morgan fingerprint density at radius 3 is 2.75 bits per heavy atom. The molecule has 0 fully saturated rings. The van der Waals surface area contributed by atoms with Gasteiger partial charge in [0.2, 0.25) is 5.91 Å². The minimum Gasteiger partial charge on any atom is -0.376 e. The van der Waals surface area contributed by atoms with E-state index in [9.17, 15) is 14.7 Å². The Kier molecular flexibility index (Phi) is 4.02. The van der Waals surface area contributed by atoms with Crippen molar-refractivity contribution in [1.82, 2.24) is 10.3 Å². The molecule has 8 heteroatoms. The Bertz CT molecular complexity index is 873. The molecule has 6 nitrogen and oxygen atoms in total. The molecule has 5 N–H and O–H groups in total. The van der Waals surface area contributed by atoms with Crippen LogP contribution in [0.1, 0.15) is 36.6 Å². The molecule has 24 heavy (non-hydrogen) atoms. The Hall–Kier alpha value is -1.76. The topological polar surface area (TPSA) is 108 Å². The van der Waals surface area contributed by atoms with E-state index in [-0.39, 0.29) is 21.5 Å². The van der Waals surface area contributed by atoms with Crippen LogP contribution < -0.4 is 11.1 Å². The van der Waals surface area contributed by atoms with Crippen LogP contribution in [0, 0.1) is 0 Å². The number of H-pyrrole nitrogens is 1. The Morgan fingerprint density at radius 1 is 1.46 bits per heavy atom. The van der Waals surface area contributed by atoms with Crippen molar-refractivity contribution in [2.24, 2.45) is 5.73 Å². The normalized spacial score (nSPS) is 20.2. The summed E-state index contributed by atoms with van der Waals surface area (Å²) in [5.41, 5.74) is 5.66. The van der Waals surface area contributed by atoms with Crippen molar-refractivity contribution >= 4 is 45.9 Å². The van der Waals surface area contributed by atoms with E-state index in [1.165, 1.54) is 13.0 Å². The first-order valence-corrected chi connectivity index (χ1v) is 8.24. The third-order valence-corrected chi connectivity index (χ3v) is 5.38. The molecule has 0 spiro atoms. The van der Waals surface area contributed by atoms with Crippen molar-refractivity contribution in [2.45, 2.75) is 31.8 Å². The highest BCUT2D eigenvalue weighted by Gasteiger charge is 2.37. The highest BCUT2D eigenvalue weighted by molar-refractivity contribution is 6.45. The summed E-state index contributed by atoms with van der Waals surface area (Å²) in [6.07, 6.45) is 0.576. The summed E-state index contributed by atoms with van der Waals surface area (Å²) in [5.74, 6) is -1.52. The van der Waals surface area contributed by atoms with Gasteiger partial charge in [0.1, 0.15) is 0 Å². The monoisotopic (exact) mass is 369 g/mol. The van der Waals surface area contributed by atoms with E-state index >= 15 is 0 Å². The smallest absolute Gasteiger partial charge is 0.253 e. The molecular formula is C16H17Cl2N3O3. The maximum Gasteiger partial charge on any atom is 0.253 e. The third kappa shape index (κ3) is 2.37. The second kappa shape index (κ2) is 5.65. The first-order chi connectivity index (χ1) is 11.2. The lowest BCUT2D eigenvalue weighted by Gasteiger charge is -2.23. The lowest BCUT2D eigenvalue weighted by Crippen LogP contribution is -2.38. The molecule has 0 saturated carbocycles. The Labute approximate surface area is 148 Å². The summed E-state index contributed by atoms with van der Waals surface area (Å²) in [5, 5.41) is 14.4. The van der Waals surface area contributed by atoms with Crippen molar-refractivity contribution in [1.29, 1.82) is 0 Å². The molecule has 2 heterocycles. The van der Waals surface area contributed by atoms with Crippen molar-refractivity contribution in [3.05, 3.63) is 32.9 Å². The number of halogens is 2. The number of fused-ring (bicyclic) bond motifs is 3. The van der Waals surface area contributed by atoms with E-state index in [4.69, 9.17) is 28.9 Å². The number of hydrogen-bond acceptors (Lipinski definition) is 3. The number of carbonyl (C=O) groups excluding carboxylic acids is 2.